The largest absolute Gasteiger partial charge is 0.419 e. The van der Waals surface area contributed by atoms with Crippen molar-refractivity contribution in [3.8, 4) is 0 Å². The van der Waals surface area contributed by atoms with Crippen LogP contribution < -0.4 is 0 Å². The van der Waals surface area contributed by atoms with Gasteiger partial charge < -0.3 is 9.15 Å². The lowest BCUT2D eigenvalue weighted by Gasteiger charge is -2.20. The van der Waals surface area contributed by atoms with E-state index in [4.69, 9.17) is 14.1 Å². The van der Waals surface area contributed by atoms with Gasteiger partial charge in [-0.3, -0.25) is 4.98 Å². The van der Waals surface area contributed by atoms with Crippen LogP contribution in [0.1, 0.15) is 63.7 Å². The van der Waals surface area contributed by atoms with Crippen molar-refractivity contribution in [2.24, 2.45) is 4.99 Å². The van der Waals surface area contributed by atoms with Gasteiger partial charge in [-0.25, -0.2) is 4.98 Å². The van der Waals surface area contributed by atoms with Crippen molar-refractivity contribution in [1.29, 1.82) is 0 Å². The van der Waals surface area contributed by atoms with E-state index in [9.17, 15) is 0 Å². The number of aromatic nitrogens is 4. The summed E-state index contributed by atoms with van der Waals surface area (Å²) in [6.07, 6.45) is 7.96. The van der Waals surface area contributed by atoms with Crippen molar-refractivity contribution in [3.63, 3.8) is 0 Å². The summed E-state index contributed by atoms with van der Waals surface area (Å²) in [5.41, 5.74) is 2.48. The molecule has 1 fully saturated rings. The van der Waals surface area contributed by atoms with E-state index in [2.05, 4.69) is 45.5 Å². The highest BCUT2D eigenvalue weighted by molar-refractivity contribution is 6.46. The molecular weight excluding hydrogens is 332 g/mol. The molecule has 1 saturated heterocycles. The lowest BCUT2D eigenvalue weighted by molar-refractivity contribution is -0.647. The Morgan fingerprint density at radius 1 is 1.15 bits per heavy atom. The van der Waals surface area contributed by atoms with Gasteiger partial charge in [0.25, 0.3) is 18.3 Å². The zero-order valence-electron chi connectivity index (χ0n) is 15.1. The van der Waals surface area contributed by atoms with Crippen molar-refractivity contribution in [1.82, 2.24) is 20.2 Å². The molecule has 0 aliphatic carbocycles. The van der Waals surface area contributed by atoms with E-state index in [1.807, 2.05) is 0 Å². The third kappa shape index (κ3) is 2.39. The van der Waals surface area contributed by atoms with Gasteiger partial charge in [0, 0.05) is 24.2 Å². The molecule has 26 heavy (non-hydrogen) atoms. The minimum Gasteiger partial charge on any atom is -0.419 e. The predicted molar refractivity (Wildman–Crippen MR) is 92.1 cm³/mol. The average molecular weight is 353 g/mol. The second kappa shape index (κ2) is 5.51. The highest BCUT2D eigenvalue weighted by atomic mass is 16.5. The van der Waals surface area contributed by atoms with Crippen molar-refractivity contribution in [3.05, 3.63) is 36.1 Å². The van der Waals surface area contributed by atoms with Gasteiger partial charge >= 0.3 is 0 Å². The average Bonchev–Trinajstić information content (AvgIpc) is 3.33. The van der Waals surface area contributed by atoms with Crippen LogP contribution in [0, 0.1) is 0 Å². The summed E-state index contributed by atoms with van der Waals surface area (Å²) >= 11 is 0. The number of ether oxygens (including phenoxy) is 1. The third-order valence-electron chi connectivity index (χ3n) is 5.03. The van der Waals surface area contributed by atoms with Gasteiger partial charge in [0.2, 0.25) is 11.6 Å². The van der Waals surface area contributed by atoms with Crippen LogP contribution in [0.25, 0.3) is 0 Å². The first-order valence-corrected chi connectivity index (χ1v) is 8.99. The minimum atomic E-state index is -0.261. The van der Waals surface area contributed by atoms with Crippen LogP contribution in [0.2, 0.25) is 0 Å². The molecule has 0 aromatic carbocycles. The Morgan fingerprint density at radius 2 is 2.04 bits per heavy atom. The molecule has 3 aliphatic rings. The summed E-state index contributed by atoms with van der Waals surface area (Å²) in [5.74, 6) is 1.09. The van der Waals surface area contributed by atoms with Gasteiger partial charge in [0.1, 0.15) is 0 Å². The predicted octanol–water partition coefficient (Wildman–Crippen LogP) is 2.02. The maximum absolute atomic E-state index is 6.12. The van der Waals surface area contributed by atoms with Crippen LogP contribution in [0.4, 0.5) is 0 Å². The fourth-order valence-corrected chi connectivity index (χ4v) is 3.77. The number of hydrogen-bond acceptors (Lipinski definition) is 7. The Kier molecular flexibility index (Phi) is 3.34. The molecule has 134 valence electrons. The molecule has 0 amide bonds. The highest BCUT2D eigenvalue weighted by Crippen LogP contribution is 2.37. The van der Waals surface area contributed by atoms with Crippen LogP contribution in [-0.2, 0) is 10.2 Å². The molecule has 0 N–H and O–H groups in total. The summed E-state index contributed by atoms with van der Waals surface area (Å²) < 4.78 is 14.3. The standard InChI is InChI=1S/C18H21N6O2/c1-18(2,3)17-23-22-16(26-17)14-12-8-10-4-5-13(25-10)24(12)15(21-14)11-9-19-6-7-20-11/h6-7,9-10,13,15H,4-5,8H2,1-3H3/q+1. The van der Waals surface area contributed by atoms with E-state index in [0.29, 0.717) is 11.8 Å². The van der Waals surface area contributed by atoms with Gasteiger partial charge in [-0.05, 0) is 6.42 Å². The Morgan fingerprint density at radius 3 is 2.77 bits per heavy atom. The van der Waals surface area contributed by atoms with Crippen molar-refractivity contribution in [2.75, 3.05) is 0 Å². The Hall–Kier alpha value is -2.48. The van der Waals surface area contributed by atoms with Crippen LogP contribution in [0.3, 0.4) is 0 Å². The van der Waals surface area contributed by atoms with E-state index in [-0.39, 0.29) is 23.9 Å². The van der Waals surface area contributed by atoms with Gasteiger partial charge in [0.15, 0.2) is 11.4 Å². The normalized spacial score (nSPS) is 27.7. The van der Waals surface area contributed by atoms with Crippen molar-refractivity contribution in [2.45, 2.75) is 63.9 Å². The summed E-state index contributed by atoms with van der Waals surface area (Å²) in [6, 6.07) is 0. The number of fused-ring (bicyclic) bond motifs is 3. The molecule has 3 atom stereocenters. The molecule has 0 spiro atoms. The fraction of sp³-hybridized carbons (Fsp3) is 0.556. The SMILES string of the molecule is CC(C)(C)c1nnc(C2=NC(c3cnccn3)[N+]3=C2CC2CCC3O2)o1. The number of hydrogen-bond donors (Lipinski definition) is 0. The molecule has 8 heteroatoms. The van der Waals surface area contributed by atoms with E-state index in [1.54, 1.807) is 18.6 Å². The molecule has 2 bridgehead atoms. The number of rotatable bonds is 2. The molecular formula is C18H21N6O2+. The zero-order valence-corrected chi connectivity index (χ0v) is 15.1. The van der Waals surface area contributed by atoms with Crippen LogP contribution in [0.15, 0.2) is 28.0 Å². The van der Waals surface area contributed by atoms with Gasteiger partial charge in [-0.1, -0.05) is 20.8 Å². The molecule has 3 unspecified atom stereocenters. The minimum absolute atomic E-state index is 0.0158. The topological polar surface area (TPSA) is 89.3 Å². The first-order valence-electron chi connectivity index (χ1n) is 8.99. The lowest BCUT2D eigenvalue weighted by atomic mass is 9.97. The maximum Gasteiger partial charge on any atom is 0.294 e. The van der Waals surface area contributed by atoms with Crippen LogP contribution in [0.5, 0.6) is 0 Å². The zero-order chi connectivity index (χ0) is 17.9. The smallest absolute Gasteiger partial charge is 0.294 e. The lowest BCUT2D eigenvalue weighted by Crippen LogP contribution is -2.39. The summed E-state index contributed by atoms with van der Waals surface area (Å²) in [7, 11) is 0. The highest BCUT2D eigenvalue weighted by Gasteiger charge is 2.52. The molecule has 5 heterocycles. The summed E-state index contributed by atoms with van der Waals surface area (Å²) in [5, 5.41) is 8.52. The van der Waals surface area contributed by atoms with Gasteiger partial charge in [0.05, 0.1) is 18.7 Å². The van der Waals surface area contributed by atoms with E-state index in [1.165, 1.54) is 0 Å². The first kappa shape index (κ1) is 15.7. The number of nitrogens with zero attached hydrogens (tertiary/aromatic N) is 6. The quantitative estimate of drug-likeness (QED) is 0.768. The van der Waals surface area contributed by atoms with Gasteiger partial charge in [-0.15, -0.1) is 10.2 Å². The third-order valence-corrected chi connectivity index (χ3v) is 5.03. The summed E-state index contributed by atoms with van der Waals surface area (Å²) in [4.78, 5) is 13.6. The fourth-order valence-electron chi connectivity index (χ4n) is 3.77. The molecule has 0 radical (unpaired) electrons. The van der Waals surface area contributed by atoms with Crippen molar-refractivity contribution >= 4 is 11.4 Å². The van der Waals surface area contributed by atoms with Gasteiger partial charge in [-0.2, -0.15) is 9.57 Å². The first-order chi connectivity index (χ1) is 12.5. The monoisotopic (exact) mass is 353 g/mol. The molecule has 5 rings (SSSR count). The molecule has 2 aromatic heterocycles. The number of aliphatic imine (C=N–C) groups is 1. The van der Waals surface area contributed by atoms with Crippen molar-refractivity contribution < 1.29 is 13.7 Å². The molecule has 0 saturated carbocycles. The Balaban J connectivity index is 1.61. The molecule has 2 aromatic rings. The van der Waals surface area contributed by atoms with E-state index in [0.717, 1.165) is 36.4 Å². The second-order valence-corrected chi connectivity index (χ2v) is 7.99. The van der Waals surface area contributed by atoms with E-state index < -0.39 is 0 Å². The van der Waals surface area contributed by atoms with Crippen LogP contribution in [-0.4, -0.2) is 48.5 Å². The van der Waals surface area contributed by atoms with E-state index >= 15 is 0 Å². The summed E-state index contributed by atoms with van der Waals surface area (Å²) in [6.45, 7) is 6.16. The maximum atomic E-state index is 6.12. The molecule has 8 nitrogen and oxygen atoms in total. The molecule has 3 aliphatic heterocycles. The Labute approximate surface area is 151 Å². The van der Waals surface area contributed by atoms with Crippen LogP contribution >= 0.6 is 0 Å². The second-order valence-electron chi connectivity index (χ2n) is 7.99. The Bertz CT molecular complexity index is 911.